The van der Waals surface area contributed by atoms with Gasteiger partial charge in [-0.1, -0.05) is 13.8 Å². The topological polar surface area (TPSA) is 52.3 Å². The van der Waals surface area contributed by atoms with Gasteiger partial charge in [0.15, 0.2) is 0 Å². The maximum absolute atomic E-state index is 11.5. The Morgan fingerprint density at radius 2 is 1.92 bits per heavy atom. The first kappa shape index (κ1) is 10.5. The fourth-order valence-electron chi connectivity index (χ4n) is 1.18. The molecule has 0 saturated heterocycles. The van der Waals surface area contributed by atoms with Crippen LogP contribution >= 0.6 is 0 Å². The molecule has 0 aromatic rings. The van der Waals surface area contributed by atoms with Gasteiger partial charge in [-0.15, -0.1) is 0 Å². The zero-order valence-corrected chi connectivity index (χ0v) is 8.67. The van der Waals surface area contributed by atoms with Crippen LogP contribution in [-0.4, -0.2) is 17.6 Å². The molecule has 1 fully saturated rings. The number of hydrogen-bond acceptors (Lipinski definition) is 3. The lowest BCUT2D eigenvalue weighted by Crippen LogP contribution is -2.55. The Hall–Kier alpha value is -0.570. The maximum atomic E-state index is 11.5. The molecule has 2 N–H and O–H groups in total. The minimum atomic E-state index is -0.664. The van der Waals surface area contributed by atoms with Gasteiger partial charge in [-0.2, -0.15) is 0 Å². The molecule has 3 nitrogen and oxygen atoms in total. The number of nitrogens with two attached hydrogens (primary N) is 1. The second-order valence-electron chi connectivity index (χ2n) is 4.36. The molecule has 0 spiro atoms. The second-order valence-corrected chi connectivity index (χ2v) is 4.36. The fraction of sp³-hybridized carbons (Fsp3) is 0.900. The first-order valence-corrected chi connectivity index (χ1v) is 4.96. The van der Waals surface area contributed by atoms with Crippen molar-refractivity contribution in [3.8, 4) is 0 Å². The van der Waals surface area contributed by atoms with Gasteiger partial charge < -0.3 is 10.5 Å². The largest absolute Gasteiger partial charge is 0.461 e. The summed E-state index contributed by atoms with van der Waals surface area (Å²) in [5.41, 5.74) is 5.16. The molecule has 1 saturated carbocycles. The Bertz CT molecular complexity index is 197. The minimum absolute atomic E-state index is 0.0338. The van der Waals surface area contributed by atoms with Gasteiger partial charge in [0, 0.05) is 0 Å². The number of ether oxygens (including phenoxy) is 1. The van der Waals surface area contributed by atoms with E-state index in [4.69, 9.17) is 10.5 Å². The van der Waals surface area contributed by atoms with Crippen molar-refractivity contribution in [2.45, 2.75) is 51.7 Å². The quantitative estimate of drug-likeness (QED) is 0.677. The molecule has 1 aliphatic rings. The van der Waals surface area contributed by atoms with Crippen LogP contribution in [0.5, 0.6) is 0 Å². The van der Waals surface area contributed by atoms with Gasteiger partial charge >= 0.3 is 5.97 Å². The lowest BCUT2D eigenvalue weighted by molar-refractivity contribution is -0.160. The Labute approximate surface area is 79.6 Å². The maximum Gasteiger partial charge on any atom is 0.326 e. The monoisotopic (exact) mass is 185 g/mol. The zero-order valence-electron chi connectivity index (χ0n) is 8.67. The third-order valence-corrected chi connectivity index (χ3v) is 2.88. The van der Waals surface area contributed by atoms with Crippen molar-refractivity contribution >= 4 is 5.97 Å². The van der Waals surface area contributed by atoms with E-state index in [0.717, 1.165) is 19.3 Å². The minimum Gasteiger partial charge on any atom is -0.461 e. The van der Waals surface area contributed by atoms with Crippen LogP contribution in [0.3, 0.4) is 0 Å². The molecule has 1 aliphatic carbocycles. The van der Waals surface area contributed by atoms with Crippen molar-refractivity contribution in [1.29, 1.82) is 0 Å². The summed E-state index contributed by atoms with van der Waals surface area (Å²) < 4.78 is 5.25. The first-order chi connectivity index (χ1) is 5.96. The molecule has 0 aromatic heterocycles. The molecule has 0 amide bonds. The molecule has 1 atom stereocenters. The van der Waals surface area contributed by atoms with Gasteiger partial charge in [-0.25, -0.2) is 0 Å². The summed E-state index contributed by atoms with van der Waals surface area (Å²) in [6, 6.07) is 0. The Kier molecular flexibility index (Phi) is 2.96. The van der Waals surface area contributed by atoms with E-state index >= 15 is 0 Å². The standard InChI is InChI=1S/C10H19NO2/c1-7(2)8(3)13-9(12)10(11)5-4-6-10/h7-8H,4-6,11H2,1-3H3. The summed E-state index contributed by atoms with van der Waals surface area (Å²) in [5.74, 6) is 0.132. The summed E-state index contributed by atoms with van der Waals surface area (Å²) in [6.45, 7) is 5.97. The van der Waals surface area contributed by atoms with Gasteiger partial charge in [0.2, 0.25) is 0 Å². The van der Waals surface area contributed by atoms with Crippen LogP contribution in [0.15, 0.2) is 0 Å². The van der Waals surface area contributed by atoms with E-state index in [1.54, 1.807) is 0 Å². The number of rotatable bonds is 3. The highest BCUT2D eigenvalue weighted by Gasteiger charge is 2.42. The van der Waals surface area contributed by atoms with Crippen LogP contribution in [-0.2, 0) is 9.53 Å². The summed E-state index contributed by atoms with van der Waals surface area (Å²) in [6.07, 6.45) is 2.56. The van der Waals surface area contributed by atoms with E-state index < -0.39 is 5.54 Å². The predicted molar refractivity (Wildman–Crippen MR) is 51.2 cm³/mol. The molecule has 0 bridgehead atoms. The van der Waals surface area contributed by atoms with Crippen LogP contribution < -0.4 is 5.73 Å². The van der Waals surface area contributed by atoms with Gasteiger partial charge in [0.25, 0.3) is 0 Å². The number of carbonyl (C=O) groups excluding carboxylic acids is 1. The van der Waals surface area contributed by atoms with Crippen LogP contribution in [0.2, 0.25) is 0 Å². The van der Waals surface area contributed by atoms with E-state index in [9.17, 15) is 4.79 Å². The second kappa shape index (κ2) is 3.66. The highest BCUT2D eigenvalue weighted by atomic mass is 16.5. The van der Waals surface area contributed by atoms with E-state index in [0.29, 0.717) is 5.92 Å². The lowest BCUT2D eigenvalue weighted by atomic mass is 9.78. The molecular formula is C10H19NO2. The number of esters is 1. The molecule has 13 heavy (non-hydrogen) atoms. The highest BCUT2D eigenvalue weighted by Crippen LogP contribution is 2.30. The molecule has 1 rings (SSSR count). The third kappa shape index (κ3) is 2.21. The van der Waals surface area contributed by atoms with Gasteiger partial charge in [0.05, 0.1) is 0 Å². The molecule has 76 valence electrons. The molecule has 1 unspecified atom stereocenters. The Morgan fingerprint density at radius 3 is 2.23 bits per heavy atom. The normalized spacial score (nSPS) is 22.2. The van der Waals surface area contributed by atoms with E-state index in [-0.39, 0.29) is 12.1 Å². The summed E-state index contributed by atoms with van der Waals surface area (Å²) >= 11 is 0. The summed E-state index contributed by atoms with van der Waals surface area (Å²) in [7, 11) is 0. The van der Waals surface area contributed by atoms with Crippen molar-refractivity contribution in [2.24, 2.45) is 11.7 Å². The van der Waals surface area contributed by atoms with E-state index in [2.05, 4.69) is 0 Å². The molecule has 0 aromatic carbocycles. The number of hydrogen-bond donors (Lipinski definition) is 1. The fourth-order valence-corrected chi connectivity index (χ4v) is 1.18. The van der Waals surface area contributed by atoms with Crippen LogP contribution in [0.4, 0.5) is 0 Å². The van der Waals surface area contributed by atoms with Gasteiger partial charge in [-0.05, 0) is 32.1 Å². The van der Waals surface area contributed by atoms with Crippen molar-refractivity contribution in [2.75, 3.05) is 0 Å². The van der Waals surface area contributed by atoms with Crippen LogP contribution in [0.25, 0.3) is 0 Å². The average molecular weight is 185 g/mol. The zero-order chi connectivity index (χ0) is 10.1. The third-order valence-electron chi connectivity index (χ3n) is 2.88. The smallest absolute Gasteiger partial charge is 0.326 e. The SMILES string of the molecule is CC(C)C(C)OC(=O)C1(N)CCC1. The van der Waals surface area contributed by atoms with Crippen molar-refractivity contribution < 1.29 is 9.53 Å². The molecule has 0 aliphatic heterocycles. The van der Waals surface area contributed by atoms with Gasteiger partial charge in [-0.3, -0.25) is 4.79 Å². The molecule has 0 radical (unpaired) electrons. The van der Waals surface area contributed by atoms with Crippen molar-refractivity contribution in [1.82, 2.24) is 0 Å². The highest BCUT2D eigenvalue weighted by molar-refractivity contribution is 5.81. The van der Waals surface area contributed by atoms with Crippen molar-refractivity contribution in [3.63, 3.8) is 0 Å². The average Bonchev–Trinajstić information content (AvgIpc) is 1.99. The van der Waals surface area contributed by atoms with Crippen molar-refractivity contribution in [3.05, 3.63) is 0 Å². The van der Waals surface area contributed by atoms with Crippen LogP contribution in [0, 0.1) is 5.92 Å². The first-order valence-electron chi connectivity index (χ1n) is 4.96. The van der Waals surface area contributed by atoms with Gasteiger partial charge in [0.1, 0.15) is 11.6 Å². The van der Waals surface area contributed by atoms with Crippen LogP contribution in [0.1, 0.15) is 40.0 Å². The van der Waals surface area contributed by atoms with E-state index in [1.165, 1.54) is 0 Å². The summed E-state index contributed by atoms with van der Waals surface area (Å²) in [4.78, 5) is 11.5. The predicted octanol–water partition coefficient (Wildman–Crippen LogP) is 1.46. The number of carbonyl (C=O) groups is 1. The van der Waals surface area contributed by atoms with E-state index in [1.807, 2.05) is 20.8 Å². The molecule has 3 heteroatoms. The Balaban J connectivity index is 2.41. The summed E-state index contributed by atoms with van der Waals surface area (Å²) in [5, 5.41) is 0. The molecule has 0 heterocycles. The Morgan fingerprint density at radius 1 is 1.38 bits per heavy atom. The lowest BCUT2D eigenvalue weighted by Gasteiger charge is -2.36. The molecular weight excluding hydrogens is 166 g/mol.